The summed E-state index contributed by atoms with van der Waals surface area (Å²) in [5.41, 5.74) is 1.34. The molecular formula is C14H22O2. The van der Waals surface area contributed by atoms with Crippen LogP contribution in [-0.2, 0) is 4.79 Å². The van der Waals surface area contributed by atoms with E-state index >= 15 is 0 Å². The van der Waals surface area contributed by atoms with Gasteiger partial charge in [0.25, 0.3) is 0 Å². The molecule has 4 atom stereocenters. The van der Waals surface area contributed by atoms with Gasteiger partial charge in [0.2, 0.25) is 0 Å². The highest BCUT2D eigenvalue weighted by atomic mass is 16.3. The number of allylic oxidation sites excluding steroid dienone is 2. The molecule has 0 aliphatic heterocycles. The zero-order valence-corrected chi connectivity index (χ0v) is 10.3. The molecule has 2 aliphatic carbocycles. The second-order valence-corrected chi connectivity index (χ2v) is 5.58. The Morgan fingerprint density at radius 1 is 1.44 bits per heavy atom. The lowest BCUT2D eigenvalue weighted by Gasteiger charge is -2.41. The minimum atomic E-state index is 0.233. The van der Waals surface area contributed by atoms with E-state index in [4.69, 9.17) is 0 Å². The zero-order chi connectivity index (χ0) is 11.7. The normalized spacial score (nSPS) is 36.6. The Morgan fingerprint density at radius 3 is 2.88 bits per heavy atom. The van der Waals surface area contributed by atoms with Gasteiger partial charge in [-0.2, -0.15) is 0 Å². The van der Waals surface area contributed by atoms with Gasteiger partial charge in [0, 0.05) is 13.0 Å². The minimum Gasteiger partial charge on any atom is -0.396 e. The second-order valence-electron chi connectivity index (χ2n) is 5.58. The molecule has 16 heavy (non-hydrogen) atoms. The zero-order valence-electron chi connectivity index (χ0n) is 10.3. The van der Waals surface area contributed by atoms with E-state index in [2.05, 4.69) is 13.8 Å². The number of ketones is 1. The smallest absolute Gasteiger partial charge is 0.155 e. The van der Waals surface area contributed by atoms with Crippen molar-refractivity contribution in [1.29, 1.82) is 0 Å². The van der Waals surface area contributed by atoms with E-state index in [1.54, 1.807) is 0 Å². The number of carbonyl (C=O) groups is 1. The fraction of sp³-hybridized carbons (Fsp3) is 0.786. The fourth-order valence-electron chi connectivity index (χ4n) is 3.38. The van der Waals surface area contributed by atoms with Crippen molar-refractivity contribution in [3.63, 3.8) is 0 Å². The van der Waals surface area contributed by atoms with E-state index < -0.39 is 0 Å². The summed E-state index contributed by atoms with van der Waals surface area (Å²) in [5.74, 6) is 2.34. The standard InChI is InChI=1S/C14H22O2/c1-9-3-5-13(10(2)8-15)14-7-11(16)4-6-12(9)14/h7,9-10,12-13,15H,3-6,8H2,1-2H3/t9-,10+,12+,13+/m1/s1. The molecule has 1 fully saturated rings. The predicted octanol–water partition coefficient (Wildman–Crippen LogP) is 2.57. The van der Waals surface area contributed by atoms with Crippen LogP contribution in [0.2, 0.25) is 0 Å². The number of aliphatic hydroxyl groups is 1. The number of fused-ring (bicyclic) bond motifs is 1. The van der Waals surface area contributed by atoms with Crippen molar-refractivity contribution in [3.8, 4) is 0 Å². The average molecular weight is 222 g/mol. The molecule has 0 aromatic heterocycles. The van der Waals surface area contributed by atoms with Gasteiger partial charge in [0.05, 0.1) is 0 Å². The summed E-state index contributed by atoms with van der Waals surface area (Å²) in [6.07, 6.45) is 6.02. The lowest BCUT2D eigenvalue weighted by atomic mass is 9.64. The highest BCUT2D eigenvalue weighted by Crippen LogP contribution is 2.45. The van der Waals surface area contributed by atoms with Gasteiger partial charge in [-0.05, 0) is 49.0 Å². The molecule has 0 unspecified atom stereocenters. The Kier molecular flexibility index (Phi) is 3.48. The monoisotopic (exact) mass is 222 g/mol. The molecule has 0 spiro atoms. The third-order valence-electron chi connectivity index (χ3n) is 4.48. The molecule has 0 heterocycles. The van der Waals surface area contributed by atoms with Crippen molar-refractivity contribution in [2.75, 3.05) is 6.61 Å². The molecule has 0 amide bonds. The van der Waals surface area contributed by atoms with Crippen LogP contribution in [0.15, 0.2) is 11.6 Å². The van der Waals surface area contributed by atoms with Crippen molar-refractivity contribution in [2.45, 2.75) is 39.5 Å². The van der Waals surface area contributed by atoms with Crippen LogP contribution in [0.5, 0.6) is 0 Å². The highest BCUT2D eigenvalue weighted by molar-refractivity contribution is 5.91. The van der Waals surface area contributed by atoms with E-state index in [0.717, 1.165) is 19.3 Å². The third kappa shape index (κ3) is 2.08. The van der Waals surface area contributed by atoms with Gasteiger partial charge in [-0.3, -0.25) is 4.79 Å². The maximum absolute atomic E-state index is 11.5. The number of hydrogen-bond acceptors (Lipinski definition) is 2. The van der Waals surface area contributed by atoms with Crippen LogP contribution in [0.1, 0.15) is 39.5 Å². The Morgan fingerprint density at radius 2 is 2.19 bits per heavy atom. The lowest BCUT2D eigenvalue weighted by molar-refractivity contribution is -0.115. The van der Waals surface area contributed by atoms with Gasteiger partial charge in [-0.25, -0.2) is 0 Å². The van der Waals surface area contributed by atoms with Crippen molar-refractivity contribution in [2.24, 2.45) is 23.7 Å². The van der Waals surface area contributed by atoms with Gasteiger partial charge < -0.3 is 5.11 Å². The first-order valence-electron chi connectivity index (χ1n) is 6.48. The first kappa shape index (κ1) is 11.8. The maximum atomic E-state index is 11.5. The van der Waals surface area contributed by atoms with Crippen LogP contribution in [0, 0.1) is 23.7 Å². The summed E-state index contributed by atoms with van der Waals surface area (Å²) in [6, 6.07) is 0. The molecule has 0 radical (unpaired) electrons. The first-order chi connectivity index (χ1) is 7.63. The summed E-state index contributed by atoms with van der Waals surface area (Å²) in [5, 5.41) is 9.30. The molecule has 1 N–H and O–H groups in total. The Labute approximate surface area is 97.7 Å². The third-order valence-corrected chi connectivity index (χ3v) is 4.48. The minimum absolute atomic E-state index is 0.233. The molecule has 0 aromatic carbocycles. The number of hydrogen-bond donors (Lipinski definition) is 1. The van der Waals surface area contributed by atoms with E-state index in [-0.39, 0.29) is 12.4 Å². The molecule has 90 valence electrons. The molecule has 2 heteroatoms. The largest absolute Gasteiger partial charge is 0.396 e. The number of rotatable bonds is 2. The van der Waals surface area contributed by atoms with Gasteiger partial charge in [0.15, 0.2) is 5.78 Å². The predicted molar refractivity (Wildman–Crippen MR) is 64.0 cm³/mol. The van der Waals surface area contributed by atoms with Crippen LogP contribution in [0.3, 0.4) is 0 Å². The lowest BCUT2D eigenvalue weighted by Crippen LogP contribution is -2.33. The van der Waals surface area contributed by atoms with Crippen LogP contribution in [0.4, 0.5) is 0 Å². The summed E-state index contributed by atoms with van der Waals surface area (Å²) >= 11 is 0. The SMILES string of the molecule is C[C@@H]1CC[C@@H]([C@@H](C)CO)C2=CC(=O)CC[C@H]21. The molecule has 1 saturated carbocycles. The van der Waals surface area contributed by atoms with E-state index in [0.29, 0.717) is 23.7 Å². The Balaban J connectivity index is 2.25. The van der Waals surface area contributed by atoms with Gasteiger partial charge in [-0.1, -0.05) is 19.4 Å². The van der Waals surface area contributed by atoms with E-state index in [1.165, 1.54) is 12.0 Å². The van der Waals surface area contributed by atoms with Gasteiger partial charge >= 0.3 is 0 Å². The number of aliphatic hydroxyl groups excluding tert-OH is 1. The van der Waals surface area contributed by atoms with Gasteiger partial charge in [-0.15, -0.1) is 0 Å². The van der Waals surface area contributed by atoms with E-state index in [9.17, 15) is 9.90 Å². The van der Waals surface area contributed by atoms with Crippen molar-refractivity contribution in [3.05, 3.63) is 11.6 Å². The fourth-order valence-corrected chi connectivity index (χ4v) is 3.38. The summed E-state index contributed by atoms with van der Waals surface area (Å²) in [4.78, 5) is 11.5. The molecule has 2 aliphatic rings. The Bertz CT molecular complexity index is 306. The van der Waals surface area contributed by atoms with Crippen molar-refractivity contribution < 1.29 is 9.90 Å². The first-order valence-corrected chi connectivity index (χ1v) is 6.48. The molecule has 2 nitrogen and oxygen atoms in total. The average Bonchev–Trinajstić information content (AvgIpc) is 2.28. The molecule has 0 bridgehead atoms. The highest BCUT2D eigenvalue weighted by Gasteiger charge is 2.36. The quantitative estimate of drug-likeness (QED) is 0.779. The van der Waals surface area contributed by atoms with Crippen molar-refractivity contribution >= 4 is 5.78 Å². The molecule has 0 saturated heterocycles. The van der Waals surface area contributed by atoms with Gasteiger partial charge in [0.1, 0.15) is 0 Å². The maximum Gasteiger partial charge on any atom is 0.155 e. The Hall–Kier alpha value is -0.630. The van der Waals surface area contributed by atoms with Crippen LogP contribution in [-0.4, -0.2) is 17.5 Å². The second kappa shape index (κ2) is 4.70. The van der Waals surface area contributed by atoms with Crippen LogP contribution < -0.4 is 0 Å². The van der Waals surface area contributed by atoms with Crippen LogP contribution in [0.25, 0.3) is 0 Å². The number of carbonyl (C=O) groups excluding carboxylic acids is 1. The van der Waals surface area contributed by atoms with Crippen molar-refractivity contribution in [1.82, 2.24) is 0 Å². The molecule has 0 aromatic rings. The molecule has 2 rings (SSSR count). The van der Waals surface area contributed by atoms with E-state index in [1.807, 2.05) is 6.08 Å². The summed E-state index contributed by atoms with van der Waals surface area (Å²) < 4.78 is 0. The topological polar surface area (TPSA) is 37.3 Å². The van der Waals surface area contributed by atoms with Crippen LogP contribution >= 0.6 is 0 Å². The molecular weight excluding hydrogens is 200 g/mol. The summed E-state index contributed by atoms with van der Waals surface area (Å²) in [7, 11) is 0. The summed E-state index contributed by atoms with van der Waals surface area (Å²) in [6.45, 7) is 4.63.